The van der Waals surface area contributed by atoms with Crippen LogP contribution >= 0.6 is 23.2 Å². The molecule has 3 N–H and O–H groups in total. The van der Waals surface area contributed by atoms with E-state index in [0.29, 0.717) is 22.8 Å². The number of sulfone groups is 1. The zero-order valence-corrected chi connectivity index (χ0v) is 22.2. The van der Waals surface area contributed by atoms with Gasteiger partial charge in [-0.05, 0) is 60.4 Å². The highest BCUT2D eigenvalue weighted by Crippen LogP contribution is 2.32. The number of amides is 1. The fourth-order valence-corrected chi connectivity index (χ4v) is 6.16. The van der Waals surface area contributed by atoms with Crippen LogP contribution in [0.4, 0.5) is 10.1 Å². The summed E-state index contributed by atoms with van der Waals surface area (Å²) in [6, 6.07) is 10.2. The highest BCUT2D eigenvalue weighted by molar-refractivity contribution is 7.92. The lowest BCUT2D eigenvalue weighted by atomic mass is 9.99. The number of aliphatic imine (C=N–C) groups is 1. The molecule has 1 atom stereocenters. The average Bonchev–Trinajstić information content (AvgIpc) is 3.29. The van der Waals surface area contributed by atoms with Gasteiger partial charge in [0.1, 0.15) is 17.7 Å². The van der Waals surface area contributed by atoms with Crippen molar-refractivity contribution in [1.82, 2.24) is 10.4 Å². The maximum atomic E-state index is 13.5. The van der Waals surface area contributed by atoms with E-state index in [0.717, 1.165) is 12.8 Å². The van der Waals surface area contributed by atoms with E-state index >= 15 is 0 Å². The van der Waals surface area contributed by atoms with Crippen LogP contribution in [-0.4, -0.2) is 56.4 Å². The van der Waals surface area contributed by atoms with Gasteiger partial charge in [0.15, 0.2) is 9.84 Å². The summed E-state index contributed by atoms with van der Waals surface area (Å²) in [6.45, 7) is 0.558. The van der Waals surface area contributed by atoms with E-state index in [2.05, 4.69) is 10.4 Å². The van der Waals surface area contributed by atoms with Crippen LogP contribution in [0.5, 0.6) is 0 Å². The molecule has 37 heavy (non-hydrogen) atoms. The zero-order chi connectivity index (χ0) is 26.7. The van der Waals surface area contributed by atoms with Gasteiger partial charge in [0.25, 0.3) is 5.91 Å². The molecular weight excluding hydrogens is 542 g/mol. The van der Waals surface area contributed by atoms with Crippen molar-refractivity contribution in [3.8, 4) is 0 Å². The Morgan fingerprint density at radius 2 is 1.95 bits per heavy atom. The lowest BCUT2D eigenvalue weighted by molar-refractivity contribution is -0.127. The Labute approximate surface area is 224 Å². The average molecular weight is 567 g/mol. The molecule has 0 saturated carbocycles. The molecular formula is C25H25Cl2FN4O4S. The van der Waals surface area contributed by atoms with Crippen molar-refractivity contribution in [2.45, 2.75) is 19.1 Å². The van der Waals surface area contributed by atoms with Crippen LogP contribution in [0.3, 0.4) is 0 Å². The van der Waals surface area contributed by atoms with Crippen molar-refractivity contribution < 1.29 is 22.3 Å². The summed E-state index contributed by atoms with van der Waals surface area (Å²) in [6.07, 6.45) is 2.81. The quantitative estimate of drug-likeness (QED) is 0.528. The minimum Gasteiger partial charge on any atom is -0.394 e. The molecule has 1 amide bonds. The number of carbonyl (C=O) groups is 1. The van der Waals surface area contributed by atoms with Crippen molar-refractivity contribution >= 4 is 56.4 Å². The Hall–Kier alpha value is -2.76. The molecule has 0 aromatic heterocycles. The fourth-order valence-electron chi connectivity index (χ4n) is 4.18. The van der Waals surface area contributed by atoms with E-state index in [9.17, 15) is 17.6 Å². The topological polar surface area (TPSA) is 114 Å². The number of ether oxygens (including phenoxy) is 1. The van der Waals surface area contributed by atoms with Crippen LogP contribution in [0, 0.1) is 5.82 Å². The highest BCUT2D eigenvalue weighted by Gasteiger charge is 2.34. The Bertz CT molecular complexity index is 1410. The molecule has 2 aliphatic heterocycles. The molecule has 0 bridgehead atoms. The Kier molecular flexibility index (Phi) is 8.35. The van der Waals surface area contributed by atoms with Crippen molar-refractivity contribution in [3.63, 3.8) is 0 Å². The third-order valence-electron chi connectivity index (χ3n) is 5.97. The Morgan fingerprint density at radius 3 is 2.62 bits per heavy atom. The molecule has 2 heterocycles. The molecule has 0 spiro atoms. The van der Waals surface area contributed by atoms with E-state index < -0.39 is 27.3 Å². The monoisotopic (exact) mass is 566 g/mol. The largest absolute Gasteiger partial charge is 0.394 e. The van der Waals surface area contributed by atoms with Crippen molar-refractivity contribution in [2.24, 2.45) is 10.7 Å². The molecule has 0 radical (unpaired) electrons. The van der Waals surface area contributed by atoms with Gasteiger partial charge in [-0.1, -0.05) is 35.3 Å². The lowest BCUT2D eigenvalue weighted by Gasteiger charge is -2.26. The van der Waals surface area contributed by atoms with Gasteiger partial charge in [-0.15, -0.1) is 0 Å². The first-order valence-electron chi connectivity index (χ1n) is 11.4. The second-order valence-corrected chi connectivity index (χ2v) is 11.6. The molecule has 1 unspecified atom stereocenters. The number of carbonyl (C=O) groups excluding carboxylic acids is 1. The number of benzene rings is 2. The van der Waals surface area contributed by atoms with Crippen LogP contribution in [0.15, 0.2) is 64.3 Å². The van der Waals surface area contributed by atoms with Gasteiger partial charge in [0.2, 0.25) is 0 Å². The summed E-state index contributed by atoms with van der Waals surface area (Å²) in [5, 5.41) is 2.25. The number of hydrogen-bond acceptors (Lipinski definition) is 7. The molecule has 2 aromatic rings. The van der Waals surface area contributed by atoms with Gasteiger partial charge in [-0.25, -0.2) is 17.8 Å². The van der Waals surface area contributed by atoms with Crippen molar-refractivity contribution in [3.05, 3.63) is 80.7 Å². The third-order valence-corrected chi connectivity index (χ3v) is 7.98. The number of nitrogens with zero attached hydrogens (tertiary/aromatic N) is 2. The summed E-state index contributed by atoms with van der Waals surface area (Å²) in [5.41, 5.74) is 10.1. The molecule has 2 saturated heterocycles. The van der Waals surface area contributed by atoms with E-state index in [1.807, 2.05) is 0 Å². The standard InChI is InChI=1S/C25H25Cl2FN4O4S/c1-36-22-3-2-10-32(22)31-25(33)23(29)19-14-37(34,35)13-16(11-15-4-7-18(28)8-5-15)24(19)30-21-9-6-17(26)12-20(21)27/h4-9,11-12,22H,2-3,10,13-14,29H2,1H3,(H,31,33)/b16-11+,23-19?,30-24?. The highest BCUT2D eigenvalue weighted by atomic mass is 35.5. The molecule has 2 aliphatic rings. The van der Waals surface area contributed by atoms with Crippen LogP contribution in [-0.2, 0) is 19.4 Å². The number of nitrogens with one attached hydrogen (secondary N) is 1. The summed E-state index contributed by atoms with van der Waals surface area (Å²) >= 11 is 12.4. The van der Waals surface area contributed by atoms with Gasteiger partial charge >= 0.3 is 0 Å². The smallest absolute Gasteiger partial charge is 0.281 e. The van der Waals surface area contributed by atoms with Crippen molar-refractivity contribution in [1.29, 1.82) is 0 Å². The summed E-state index contributed by atoms with van der Waals surface area (Å²) in [5.74, 6) is -1.96. The third kappa shape index (κ3) is 6.58. The minimum absolute atomic E-state index is 0.0382. The Balaban J connectivity index is 1.84. The van der Waals surface area contributed by atoms with E-state index in [4.69, 9.17) is 33.7 Å². The minimum atomic E-state index is -3.71. The van der Waals surface area contributed by atoms with E-state index in [1.165, 1.54) is 37.4 Å². The molecule has 2 fully saturated rings. The maximum Gasteiger partial charge on any atom is 0.281 e. The molecule has 2 aromatic carbocycles. The first-order chi connectivity index (χ1) is 17.6. The molecule has 4 rings (SSSR count). The fraction of sp³-hybridized carbons (Fsp3) is 0.280. The predicted octanol–water partition coefficient (Wildman–Crippen LogP) is 4.03. The molecule has 12 heteroatoms. The molecule has 8 nitrogen and oxygen atoms in total. The first kappa shape index (κ1) is 27.3. The summed E-state index contributed by atoms with van der Waals surface area (Å²) in [7, 11) is -2.17. The number of hydrogen-bond donors (Lipinski definition) is 2. The number of halogens is 3. The number of rotatable bonds is 5. The predicted molar refractivity (Wildman–Crippen MR) is 143 cm³/mol. The van der Waals surface area contributed by atoms with Gasteiger partial charge < -0.3 is 10.5 Å². The van der Waals surface area contributed by atoms with Crippen LogP contribution < -0.4 is 11.2 Å². The van der Waals surface area contributed by atoms with Gasteiger partial charge in [-0.2, -0.15) is 5.01 Å². The molecule has 0 aliphatic carbocycles. The number of methoxy groups -OCH3 is 1. The lowest BCUT2D eigenvalue weighted by Crippen LogP contribution is -2.48. The van der Waals surface area contributed by atoms with E-state index in [1.54, 1.807) is 23.2 Å². The van der Waals surface area contributed by atoms with Crippen molar-refractivity contribution in [2.75, 3.05) is 25.2 Å². The summed E-state index contributed by atoms with van der Waals surface area (Å²) in [4.78, 5) is 17.8. The maximum absolute atomic E-state index is 13.5. The van der Waals surface area contributed by atoms with Crippen LogP contribution in [0.25, 0.3) is 6.08 Å². The second kappa shape index (κ2) is 11.3. The number of nitrogens with two attached hydrogens (primary N) is 1. The first-order valence-corrected chi connectivity index (χ1v) is 13.9. The normalized spacial score (nSPS) is 23.4. The number of hydrazine groups is 1. The van der Waals surface area contributed by atoms with Gasteiger partial charge in [-0.3, -0.25) is 10.2 Å². The van der Waals surface area contributed by atoms with Crippen LogP contribution in [0.1, 0.15) is 18.4 Å². The zero-order valence-electron chi connectivity index (χ0n) is 19.9. The molecule has 196 valence electrons. The Morgan fingerprint density at radius 1 is 1.22 bits per heavy atom. The van der Waals surface area contributed by atoms with E-state index in [-0.39, 0.29) is 39.6 Å². The summed E-state index contributed by atoms with van der Waals surface area (Å²) < 4.78 is 44.7. The SMILES string of the molecule is COC1CCCN1NC(=O)C(N)=C1CS(=O)(=O)C/C(=C\c2ccc(F)cc2)C1=Nc1ccc(Cl)cc1Cl. The second-order valence-electron chi connectivity index (χ2n) is 8.67. The van der Waals surface area contributed by atoms with Crippen LogP contribution in [0.2, 0.25) is 10.0 Å². The van der Waals surface area contributed by atoms with Gasteiger partial charge in [0, 0.05) is 24.3 Å². The van der Waals surface area contributed by atoms with Gasteiger partial charge in [0.05, 0.1) is 27.9 Å².